The predicted octanol–water partition coefficient (Wildman–Crippen LogP) is 2.54. The van der Waals surface area contributed by atoms with Crippen LogP contribution in [0.25, 0.3) is 0 Å². The minimum atomic E-state index is -0.162. The molecule has 1 aliphatic carbocycles. The average molecular weight is 268 g/mol. The molecule has 0 bridgehead atoms. The lowest BCUT2D eigenvalue weighted by molar-refractivity contribution is 0.198. The quantitative estimate of drug-likeness (QED) is 0.881. The van der Waals surface area contributed by atoms with E-state index >= 15 is 0 Å². The Kier molecular flexibility index (Phi) is 4.09. The van der Waals surface area contributed by atoms with E-state index in [9.17, 15) is 4.79 Å². The molecule has 1 aliphatic rings. The average Bonchev–Trinajstić information content (AvgIpc) is 3.17. The summed E-state index contributed by atoms with van der Waals surface area (Å²) in [6.07, 6.45) is 2.32. The van der Waals surface area contributed by atoms with Crippen LogP contribution >= 0.6 is 11.6 Å². The number of likely N-dealkylation sites (N-methyl/N-ethyl adjacent to an activating group) is 1. The molecule has 1 unspecified atom stereocenters. The van der Waals surface area contributed by atoms with Gasteiger partial charge in [0.2, 0.25) is 0 Å². The second-order valence-corrected chi connectivity index (χ2v) is 5.07. The number of para-hydroxylation sites is 1. The first-order chi connectivity index (χ1) is 8.63. The molecule has 0 radical (unpaired) electrons. The van der Waals surface area contributed by atoms with Gasteiger partial charge < -0.3 is 16.0 Å². The van der Waals surface area contributed by atoms with Crippen LogP contribution in [0.3, 0.4) is 0 Å². The van der Waals surface area contributed by atoms with Crippen molar-refractivity contribution in [1.29, 1.82) is 0 Å². The lowest BCUT2D eigenvalue weighted by Crippen LogP contribution is -2.45. The van der Waals surface area contributed by atoms with Gasteiger partial charge in [-0.1, -0.05) is 23.7 Å². The maximum absolute atomic E-state index is 12.1. The summed E-state index contributed by atoms with van der Waals surface area (Å²) < 4.78 is 0. The van der Waals surface area contributed by atoms with Gasteiger partial charge in [0.1, 0.15) is 0 Å². The summed E-state index contributed by atoms with van der Waals surface area (Å²) in [6, 6.07) is 7.15. The van der Waals surface area contributed by atoms with E-state index in [2.05, 4.69) is 5.32 Å². The number of rotatable bonds is 4. The number of benzene rings is 1. The highest BCUT2D eigenvalue weighted by atomic mass is 35.5. The van der Waals surface area contributed by atoms with Crippen molar-refractivity contribution in [3.63, 3.8) is 0 Å². The van der Waals surface area contributed by atoms with E-state index in [4.69, 9.17) is 17.3 Å². The molecule has 2 amide bonds. The Morgan fingerprint density at radius 1 is 1.56 bits per heavy atom. The van der Waals surface area contributed by atoms with E-state index in [-0.39, 0.29) is 12.1 Å². The maximum atomic E-state index is 12.1. The molecule has 1 atom stereocenters. The molecule has 1 fully saturated rings. The molecule has 2 rings (SSSR count). The number of amides is 2. The van der Waals surface area contributed by atoms with Gasteiger partial charge in [0.05, 0.1) is 10.7 Å². The summed E-state index contributed by atoms with van der Waals surface area (Å²) in [5, 5.41) is 3.34. The van der Waals surface area contributed by atoms with Gasteiger partial charge in [0.25, 0.3) is 0 Å². The molecule has 98 valence electrons. The van der Waals surface area contributed by atoms with Crippen molar-refractivity contribution in [2.75, 3.05) is 18.9 Å². The van der Waals surface area contributed by atoms with Crippen LogP contribution in [0.1, 0.15) is 12.8 Å². The first-order valence-electron chi connectivity index (χ1n) is 6.12. The third-order valence-electron chi connectivity index (χ3n) is 3.34. The fourth-order valence-electron chi connectivity index (χ4n) is 2.06. The summed E-state index contributed by atoms with van der Waals surface area (Å²) >= 11 is 6.00. The highest BCUT2D eigenvalue weighted by molar-refractivity contribution is 6.33. The van der Waals surface area contributed by atoms with E-state index in [0.29, 0.717) is 23.2 Å². The number of nitrogens with one attached hydrogen (secondary N) is 1. The van der Waals surface area contributed by atoms with Gasteiger partial charge in [-0.25, -0.2) is 4.79 Å². The summed E-state index contributed by atoms with van der Waals surface area (Å²) in [4.78, 5) is 13.8. The van der Waals surface area contributed by atoms with Crippen molar-refractivity contribution in [2.24, 2.45) is 11.7 Å². The molecule has 18 heavy (non-hydrogen) atoms. The zero-order valence-corrected chi connectivity index (χ0v) is 11.2. The van der Waals surface area contributed by atoms with Gasteiger partial charge in [-0.3, -0.25) is 0 Å². The molecule has 0 saturated heterocycles. The molecule has 0 aromatic heterocycles. The number of urea groups is 1. The van der Waals surface area contributed by atoms with Crippen molar-refractivity contribution in [3.05, 3.63) is 29.3 Å². The number of carbonyl (C=O) groups is 1. The van der Waals surface area contributed by atoms with E-state index < -0.39 is 0 Å². The van der Waals surface area contributed by atoms with E-state index in [1.54, 1.807) is 24.1 Å². The lowest BCUT2D eigenvalue weighted by atomic mass is 10.1. The number of nitrogens with zero attached hydrogens (tertiary/aromatic N) is 1. The molecule has 3 N–H and O–H groups in total. The third kappa shape index (κ3) is 2.94. The van der Waals surface area contributed by atoms with Crippen molar-refractivity contribution in [1.82, 2.24) is 4.90 Å². The molecule has 1 saturated carbocycles. The molecule has 5 heteroatoms. The van der Waals surface area contributed by atoms with Crippen LogP contribution in [-0.2, 0) is 0 Å². The largest absolute Gasteiger partial charge is 0.328 e. The molecule has 1 aromatic carbocycles. The van der Waals surface area contributed by atoms with Crippen LogP contribution in [0.4, 0.5) is 10.5 Å². The van der Waals surface area contributed by atoms with Crippen molar-refractivity contribution in [3.8, 4) is 0 Å². The van der Waals surface area contributed by atoms with Crippen LogP contribution in [0.5, 0.6) is 0 Å². The standard InChI is InChI=1S/C13H18ClN3O/c1-17(12(8-15)9-6-7-9)13(18)16-11-5-3-2-4-10(11)14/h2-5,9,12H,6-8,15H2,1H3,(H,16,18). The minimum absolute atomic E-state index is 0.118. The highest BCUT2D eigenvalue weighted by Gasteiger charge is 2.34. The normalized spacial score (nSPS) is 16.2. The highest BCUT2D eigenvalue weighted by Crippen LogP contribution is 2.34. The van der Waals surface area contributed by atoms with Crippen LogP contribution < -0.4 is 11.1 Å². The Bertz CT molecular complexity index is 434. The first-order valence-corrected chi connectivity index (χ1v) is 6.49. The van der Waals surface area contributed by atoms with E-state index in [1.807, 2.05) is 12.1 Å². The monoisotopic (exact) mass is 267 g/mol. The molecule has 1 aromatic rings. The zero-order chi connectivity index (χ0) is 13.1. The maximum Gasteiger partial charge on any atom is 0.321 e. The third-order valence-corrected chi connectivity index (χ3v) is 3.67. The number of anilines is 1. The Hall–Kier alpha value is -1.26. The van der Waals surface area contributed by atoms with E-state index in [0.717, 1.165) is 12.8 Å². The number of hydrogen-bond donors (Lipinski definition) is 2. The number of halogens is 1. The van der Waals surface area contributed by atoms with Crippen molar-refractivity contribution >= 4 is 23.3 Å². The number of hydrogen-bond acceptors (Lipinski definition) is 2. The molecule has 0 aliphatic heterocycles. The summed E-state index contributed by atoms with van der Waals surface area (Å²) in [5.74, 6) is 0.553. The summed E-state index contributed by atoms with van der Waals surface area (Å²) in [7, 11) is 1.78. The predicted molar refractivity (Wildman–Crippen MR) is 73.8 cm³/mol. The minimum Gasteiger partial charge on any atom is -0.328 e. The SMILES string of the molecule is CN(C(=O)Nc1ccccc1Cl)C(CN)C1CC1. The van der Waals surface area contributed by atoms with Crippen LogP contribution in [0.15, 0.2) is 24.3 Å². The van der Waals surface area contributed by atoms with Gasteiger partial charge >= 0.3 is 6.03 Å². The van der Waals surface area contributed by atoms with Gasteiger partial charge in [0.15, 0.2) is 0 Å². The van der Waals surface area contributed by atoms with Crippen molar-refractivity contribution < 1.29 is 4.79 Å². The molecular formula is C13H18ClN3O. The fraction of sp³-hybridized carbons (Fsp3) is 0.462. The fourth-order valence-corrected chi connectivity index (χ4v) is 2.25. The van der Waals surface area contributed by atoms with Gasteiger partial charge in [-0.2, -0.15) is 0 Å². The zero-order valence-electron chi connectivity index (χ0n) is 10.4. The first kappa shape index (κ1) is 13.2. The number of nitrogens with two attached hydrogens (primary N) is 1. The molecule has 4 nitrogen and oxygen atoms in total. The summed E-state index contributed by atoms with van der Waals surface area (Å²) in [6.45, 7) is 0.497. The second-order valence-electron chi connectivity index (χ2n) is 4.66. The van der Waals surface area contributed by atoms with Gasteiger partial charge in [-0.15, -0.1) is 0 Å². The molecular weight excluding hydrogens is 250 g/mol. The Labute approximate surface area is 112 Å². The van der Waals surface area contributed by atoms with Crippen molar-refractivity contribution in [2.45, 2.75) is 18.9 Å². The number of carbonyl (C=O) groups excluding carboxylic acids is 1. The molecule has 0 spiro atoms. The van der Waals surface area contributed by atoms with Gasteiger partial charge in [0, 0.05) is 19.6 Å². The van der Waals surface area contributed by atoms with E-state index in [1.165, 1.54) is 0 Å². The van der Waals surface area contributed by atoms with Gasteiger partial charge in [-0.05, 0) is 30.9 Å². The van der Waals surface area contributed by atoms with Crippen LogP contribution in [0.2, 0.25) is 5.02 Å². The Morgan fingerprint density at radius 3 is 2.78 bits per heavy atom. The Balaban J connectivity index is 2.00. The lowest BCUT2D eigenvalue weighted by Gasteiger charge is -2.27. The molecule has 0 heterocycles. The Morgan fingerprint density at radius 2 is 2.22 bits per heavy atom. The summed E-state index contributed by atoms with van der Waals surface area (Å²) in [5.41, 5.74) is 6.36. The topological polar surface area (TPSA) is 58.4 Å². The van der Waals surface area contributed by atoms with Crippen LogP contribution in [-0.4, -0.2) is 30.6 Å². The van der Waals surface area contributed by atoms with Crippen LogP contribution in [0, 0.1) is 5.92 Å². The smallest absolute Gasteiger partial charge is 0.321 e. The second kappa shape index (κ2) is 5.59.